The Labute approximate surface area is 159 Å². The van der Waals surface area contributed by atoms with E-state index in [1.807, 2.05) is 6.92 Å². The van der Waals surface area contributed by atoms with Gasteiger partial charge in [0.25, 0.3) is 0 Å². The van der Waals surface area contributed by atoms with Crippen molar-refractivity contribution in [2.24, 2.45) is 34.5 Å². The van der Waals surface area contributed by atoms with E-state index >= 15 is 0 Å². The van der Waals surface area contributed by atoms with Crippen LogP contribution in [0.4, 0.5) is 0 Å². The van der Waals surface area contributed by atoms with Gasteiger partial charge in [0.15, 0.2) is 5.78 Å². The van der Waals surface area contributed by atoms with E-state index in [1.54, 1.807) is 6.92 Å². The molecular formula is C23H38O3. The summed E-state index contributed by atoms with van der Waals surface area (Å²) in [6.07, 6.45) is 11.0. The van der Waals surface area contributed by atoms with Crippen LogP contribution >= 0.6 is 0 Å². The third-order valence-electron chi connectivity index (χ3n) is 9.35. The van der Waals surface area contributed by atoms with Crippen LogP contribution < -0.4 is 0 Å². The minimum Gasteiger partial charge on any atom is -0.390 e. The van der Waals surface area contributed by atoms with Crippen molar-refractivity contribution in [2.75, 3.05) is 6.61 Å². The van der Waals surface area contributed by atoms with Gasteiger partial charge in [-0.2, -0.15) is 0 Å². The topological polar surface area (TPSA) is 46.5 Å². The van der Waals surface area contributed by atoms with Gasteiger partial charge >= 0.3 is 0 Å². The lowest BCUT2D eigenvalue weighted by molar-refractivity contribution is -0.157. The molecule has 0 radical (unpaired) electrons. The number of ketones is 1. The lowest BCUT2D eigenvalue weighted by Gasteiger charge is -2.61. The zero-order valence-electron chi connectivity index (χ0n) is 17.2. The molecule has 0 bridgehead atoms. The Bertz CT molecular complexity index is 570. The van der Waals surface area contributed by atoms with Crippen molar-refractivity contribution in [3.05, 3.63) is 0 Å². The second-order valence-corrected chi connectivity index (χ2v) is 11.0. The molecule has 0 saturated heterocycles. The minimum absolute atomic E-state index is 0.146. The van der Waals surface area contributed by atoms with Crippen molar-refractivity contribution >= 4 is 5.78 Å². The van der Waals surface area contributed by atoms with Gasteiger partial charge < -0.3 is 9.84 Å². The van der Waals surface area contributed by atoms with Crippen LogP contribution in [0.3, 0.4) is 0 Å². The monoisotopic (exact) mass is 362 g/mol. The van der Waals surface area contributed by atoms with Gasteiger partial charge in [-0.3, -0.25) is 4.79 Å². The van der Waals surface area contributed by atoms with Crippen molar-refractivity contribution in [1.82, 2.24) is 0 Å². The zero-order valence-corrected chi connectivity index (χ0v) is 17.2. The van der Waals surface area contributed by atoms with E-state index < -0.39 is 5.60 Å². The van der Waals surface area contributed by atoms with Crippen LogP contribution in [0, 0.1) is 34.5 Å². The van der Waals surface area contributed by atoms with Crippen LogP contribution in [0.1, 0.15) is 85.5 Å². The van der Waals surface area contributed by atoms with Gasteiger partial charge in [-0.15, -0.1) is 0 Å². The van der Waals surface area contributed by atoms with Gasteiger partial charge in [0, 0.05) is 0 Å². The molecule has 26 heavy (non-hydrogen) atoms. The van der Waals surface area contributed by atoms with E-state index in [1.165, 1.54) is 38.5 Å². The summed E-state index contributed by atoms with van der Waals surface area (Å²) in [5, 5.41) is 10.6. The van der Waals surface area contributed by atoms with Crippen molar-refractivity contribution in [3.8, 4) is 0 Å². The Kier molecular flexibility index (Phi) is 4.59. The van der Waals surface area contributed by atoms with Crippen LogP contribution in [0.2, 0.25) is 0 Å². The number of hydrogen-bond acceptors (Lipinski definition) is 3. The molecular weight excluding hydrogens is 324 g/mol. The number of carbonyl (C=O) groups excluding carboxylic acids is 1. The number of carbonyl (C=O) groups is 1. The van der Waals surface area contributed by atoms with Crippen LogP contribution in [0.15, 0.2) is 0 Å². The zero-order chi connectivity index (χ0) is 18.7. The first-order valence-corrected chi connectivity index (χ1v) is 11.0. The van der Waals surface area contributed by atoms with Crippen LogP contribution in [0.25, 0.3) is 0 Å². The Morgan fingerprint density at radius 2 is 1.69 bits per heavy atom. The van der Waals surface area contributed by atoms with E-state index in [9.17, 15) is 9.90 Å². The Balaban J connectivity index is 1.53. The summed E-state index contributed by atoms with van der Waals surface area (Å²) in [4.78, 5) is 11.4. The summed E-state index contributed by atoms with van der Waals surface area (Å²) < 4.78 is 6.09. The molecule has 0 aromatic carbocycles. The first kappa shape index (κ1) is 18.9. The molecule has 0 heterocycles. The third kappa shape index (κ3) is 2.89. The second-order valence-electron chi connectivity index (χ2n) is 11.0. The Morgan fingerprint density at radius 1 is 0.962 bits per heavy atom. The van der Waals surface area contributed by atoms with E-state index in [2.05, 4.69) is 13.8 Å². The molecule has 0 spiro atoms. The summed E-state index contributed by atoms with van der Waals surface area (Å²) in [5.41, 5.74) is 0.240. The van der Waals surface area contributed by atoms with Gasteiger partial charge in [-0.1, -0.05) is 13.8 Å². The number of fused-ring (bicyclic) bond motifs is 5. The Hall–Kier alpha value is -0.410. The maximum Gasteiger partial charge on any atom is 0.155 e. The molecule has 8 atom stereocenters. The Morgan fingerprint density at radius 3 is 2.42 bits per heavy atom. The average Bonchev–Trinajstić information content (AvgIpc) is 2.90. The van der Waals surface area contributed by atoms with Crippen molar-refractivity contribution in [2.45, 2.75) is 97.2 Å². The number of ether oxygens (including phenoxy) is 1. The number of rotatable bonds is 3. The number of Topliss-reactive ketones (excluding diaryl/α,β-unsaturated/α-hetero) is 1. The lowest BCUT2D eigenvalue weighted by Crippen LogP contribution is -2.56. The van der Waals surface area contributed by atoms with Crippen molar-refractivity contribution in [3.63, 3.8) is 0 Å². The highest BCUT2D eigenvalue weighted by Crippen LogP contribution is 2.67. The molecule has 3 heteroatoms. The standard InChI is InChI=1S/C23H38O3/c1-15(24)14-26-20-8-7-18-17-6-5-16-13-21(2,25)11-12-22(16,3)19(17)9-10-23(18,20)4/h16-20,25H,5-14H2,1-4H3/t16-,17?,18?,19?,20-,21-,22-,23-/m0/s1. The predicted octanol–water partition coefficient (Wildman–Crippen LogP) is 4.75. The fraction of sp³-hybridized carbons (Fsp3) is 0.957. The highest BCUT2D eigenvalue weighted by atomic mass is 16.5. The predicted molar refractivity (Wildman–Crippen MR) is 103 cm³/mol. The average molecular weight is 363 g/mol. The molecule has 0 aliphatic heterocycles. The van der Waals surface area contributed by atoms with Crippen LogP contribution in [0.5, 0.6) is 0 Å². The lowest BCUT2D eigenvalue weighted by atomic mass is 9.44. The van der Waals surface area contributed by atoms with E-state index in [4.69, 9.17) is 4.74 Å². The quantitative estimate of drug-likeness (QED) is 0.788. The minimum atomic E-state index is -0.445. The first-order valence-electron chi connectivity index (χ1n) is 11.0. The van der Waals surface area contributed by atoms with Gasteiger partial charge in [-0.25, -0.2) is 0 Å². The summed E-state index contributed by atoms with van der Waals surface area (Å²) in [6.45, 7) is 8.96. The molecule has 4 aliphatic rings. The fourth-order valence-electron chi connectivity index (χ4n) is 7.87. The normalized spacial score (nSPS) is 53.5. The largest absolute Gasteiger partial charge is 0.390 e. The van der Waals surface area contributed by atoms with Crippen LogP contribution in [-0.2, 0) is 9.53 Å². The number of aliphatic hydroxyl groups is 1. The molecule has 0 aromatic heterocycles. The molecule has 4 aliphatic carbocycles. The van der Waals surface area contributed by atoms with Crippen LogP contribution in [-0.4, -0.2) is 29.2 Å². The van der Waals surface area contributed by atoms with Gasteiger partial charge in [0.2, 0.25) is 0 Å². The molecule has 3 unspecified atom stereocenters. The van der Waals surface area contributed by atoms with E-state index in [0.29, 0.717) is 11.3 Å². The second kappa shape index (κ2) is 6.30. The van der Waals surface area contributed by atoms with Gasteiger partial charge in [0.05, 0.1) is 11.7 Å². The molecule has 148 valence electrons. The molecule has 4 saturated carbocycles. The smallest absolute Gasteiger partial charge is 0.155 e. The summed E-state index contributed by atoms with van der Waals surface area (Å²) in [5.74, 6) is 3.25. The molecule has 4 rings (SSSR count). The molecule has 4 fully saturated rings. The molecule has 1 N–H and O–H groups in total. The summed E-state index contributed by atoms with van der Waals surface area (Å²) in [6, 6.07) is 0. The first-order chi connectivity index (χ1) is 12.2. The molecule has 0 amide bonds. The number of hydrogen-bond donors (Lipinski definition) is 1. The molecule has 0 aromatic rings. The van der Waals surface area contributed by atoms with E-state index in [0.717, 1.165) is 37.0 Å². The maximum absolute atomic E-state index is 11.4. The van der Waals surface area contributed by atoms with Crippen molar-refractivity contribution < 1.29 is 14.6 Å². The summed E-state index contributed by atoms with van der Waals surface area (Å²) in [7, 11) is 0. The van der Waals surface area contributed by atoms with Gasteiger partial charge in [0.1, 0.15) is 6.61 Å². The third-order valence-corrected chi connectivity index (χ3v) is 9.35. The SMILES string of the molecule is CC(=O)CO[C@H]1CCC2C3CC[C@H]4C[C@@](C)(O)CC[C@]4(C)C3CC[C@@]21C. The van der Waals surface area contributed by atoms with Gasteiger partial charge in [-0.05, 0) is 106 Å². The maximum atomic E-state index is 11.4. The fourth-order valence-corrected chi connectivity index (χ4v) is 7.87. The highest BCUT2D eigenvalue weighted by Gasteiger charge is 2.61. The van der Waals surface area contributed by atoms with Crippen molar-refractivity contribution in [1.29, 1.82) is 0 Å². The summed E-state index contributed by atoms with van der Waals surface area (Å²) >= 11 is 0. The molecule has 3 nitrogen and oxygen atoms in total. The van der Waals surface area contributed by atoms with E-state index in [-0.39, 0.29) is 23.9 Å². The highest BCUT2D eigenvalue weighted by molar-refractivity contribution is 5.76.